The molecule has 0 aromatic heterocycles. The topological polar surface area (TPSA) is 35.8 Å². The van der Waals surface area contributed by atoms with Crippen LogP contribution >= 0.6 is 0 Å². The summed E-state index contributed by atoms with van der Waals surface area (Å²) in [7, 11) is 0. The fraction of sp³-hybridized carbons (Fsp3) is 0.588. The summed E-state index contributed by atoms with van der Waals surface area (Å²) in [5.74, 6) is 0.154. The maximum atomic E-state index is 13.4. The Balaban J connectivity index is 2.17. The first-order valence-electron chi connectivity index (χ1n) is 7.38. The second kappa shape index (κ2) is 5.83. The number of nitrogens with one attached hydrogen (secondary N) is 1. The van der Waals surface area contributed by atoms with Gasteiger partial charge in [-0.25, -0.2) is 4.39 Å². The van der Waals surface area contributed by atoms with Gasteiger partial charge in [0, 0.05) is 11.7 Å². The minimum atomic E-state index is -0.450. The van der Waals surface area contributed by atoms with Crippen molar-refractivity contribution in [1.29, 1.82) is 5.26 Å². The molecule has 1 fully saturated rings. The van der Waals surface area contributed by atoms with E-state index in [0.29, 0.717) is 12.0 Å². The number of halogens is 1. The maximum Gasteiger partial charge on any atom is 0.141 e. The molecule has 1 aliphatic carbocycles. The highest BCUT2D eigenvalue weighted by Crippen LogP contribution is 2.39. The average molecular weight is 274 g/mol. The van der Waals surface area contributed by atoms with Crippen molar-refractivity contribution in [2.45, 2.75) is 52.5 Å². The van der Waals surface area contributed by atoms with Crippen molar-refractivity contribution in [2.75, 3.05) is 5.32 Å². The zero-order chi connectivity index (χ0) is 14.8. The third-order valence-corrected chi connectivity index (χ3v) is 4.32. The van der Waals surface area contributed by atoms with Gasteiger partial charge in [0.25, 0.3) is 0 Å². The monoisotopic (exact) mass is 274 g/mol. The SMILES string of the molecule is CC(C)(C)C1CCCCC1Nc1ccc(F)c(C#N)c1. The van der Waals surface area contributed by atoms with Gasteiger partial charge >= 0.3 is 0 Å². The van der Waals surface area contributed by atoms with Crippen molar-refractivity contribution >= 4 is 5.69 Å². The zero-order valence-corrected chi connectivity index (χ0v) is 12.5. The highest BCUT2D eigenvalue weighted by atomic mass is 19.1. The Bertz CT molecular complexity index is 511. The Morgan fingerprint density at radius 3 is 2.60 bits per heavy atom. The minimum absolute atomic E-state index is 0.109. The third kappa shape index (κ3) is 3.30. The van der Waals surface area contributed by atoms with Crippen LogP contribution in [0.1, 0.15) is 52.0 Å². The molecular weight excluding hydrogens is 251 g/mol. The molecule has 108 valence electrons. The van der Waals surface area contributed by atoms with Crippen LogP contribution in [-0.4, -0.2) is 6.04 Å². The molecule has 2 unspecified atom stereocenters. The molecule has 0 radical (unpaired) electrons. The van der Waals surface area contributed by atoms with Crippen molar-refractivity contribution in [3.05, 3.63) is 29.6 Å². The summed E-state index contributed by atoms with van der Waals surface area (Å²) in [6.45, 7) is 6.84. The molecule has 0 spiro atoms. The lowest BCUT2D eigenvalue weighted by molar-refractivity contribution is 0.163. The molecule has 0 bridgehead atoms. The van der Waals surface area contributed by atoms with Gasteiger partial charge in [0.1, 0.15) is 11.9 Å². The summed E-state index contributed by atoms with van der Waals surface area (Å²) < 4.78 is 13.4. The lowest BCUT2D eigenvalue weighted by Crippen LogP contribution is -2.39. The fourth-order valence-corrected chi connectivity index (χ4v) is 3.26. The normalized spacial score (nSPS) is 23.1. The molecule has 0 saturated heterocycles. The quantitative estimate of drug-likeness (QED) is 0.847. The lowest BCUT2D eigenvalue weighted by Gasteiger charge is -2.41. The van der Waals surface area contributed by atoms with Crippen molar-refractivity contribution < 1.29 is 4.39 Å². The highest BCUT2D eigenvalue weighted by molar-refractivity contribution is 5.50. The van der Waals surface area contributed by atoms with E-state index in [1.807, 2.05) is 6.07 Å². The first kappa shape index (κ1) is 14.8. The number of benzene rings is 1. The molecule has 1 aliphatic rings. The minimum Gasteiger partial charge on any atom is -0.382 e. The summed E-state index contributed by atoms with van der Waals surface area (Å²) >= 11 is 0. The first-order chi connectivity index (χ1) is 9.41. The van der Waals surface area contributed by atoms with Crippen LogP contribution in [0.25, 0.3) is 0 Å². The maximum absolute atomic E-state index is 13.4. The fourth-order valence-electron chi connectivity index (χ4n) is 3.26. The molecule has 2 nitrogen and oxygen atoms in total. The summed E-state index contributed by atoms with van der Waals surface area (Å²) in [6.07, 6.45) is 4.89. The van der Waals surface area contributed by atoms with Crippen molar-refractivity contribution in [3.8, 4) is 6.07 Å². The Morgan fingerprint density at radius 1 is 1.25 bits per heavy atom. The number of rotatable bonds is 2. The summed E-state index contributed by atoms with van der Waals surface area (Å²) in [6, 6.07) is 7.02. The molecule has 1 aromatic rings. The van der Waals surface area contributed by atoms with Crippen LogP contribution in [0.2, 0.25) is 0 Å². The first-order valence-corrected chi connectivity index (χ1v) is 7.38. The molecular formula is C17H23FN2. The van der Waals surface area contributed by atoms with E-state index in [2.05, 4.69) is 26.1 Å². The third-order valence-electron chi connectivity index (χ3n) is 4.32. The van der Waals surface area contributed by atoms with Gasteiger partial charge in [-0.3, -0.25) is 0 Å². The highest BCUT2D eigenvalue weighted by Gasteiger charge is 2.34. The Morgan fingerprint density at radius 2 is 1.95 bits per heavy atom. The molecule has 1 saturated carbocycles. The molecule has 1 N–H and O–H groups in total. The van der Waals surface area contributed by atoms with Crippen LogP contribution < -0.4 is 5.32 Å². The largest absolute Gasteiger partial charge is 0.382 e. The molecule has 1 aromatic carbocycles. The van der Waals surface area contributed by atoms with Gasteiger partial charge < -0.3 is 5.32 Å². The summed E-state index contributed by atoms with van der Waals surface area (Å²) in [5, 5.41) is 12.4. The zero-order valence-electron chi connectivity index (χ0n) is 12.5. The smallest absolute Gasteiger partial charge is 0.141 e. The van der Waals surface area contributed by atoms with Crippen LogP contribution in [0.5, 0.6) is 0 Å². The van der Waals surface area contributed by atoms with Crippen molar-refractivity contribution in [3.63, 3.8) is 0 Å². The van der Waals surface area contributed by atoms with Gasteiger partial charge in [-0.15, -0.1) is 0 Å². The molecule has 20 heavy (non-hydrogen) atoms. The van der Waals surface area contributed by atoms with Gasteiger partial charge in [-0.05, 0) is 42.4 Å². The van der Waals surface area contributed by atoms with E-state index >= 15 is 0 Å². The van der Waals surface area contributed by atoms with Crippen LogP contribution in [0.15, 0.2) is 18.2 Å². The number of hydrogen-bond donors (Lipinski definition) is 1. The lowest BCUT2D eigenvalue weighted by atomic mass is 9.69. The van der Waals surface area contributed by atoms with Gasteiger partial charge in [-0.2, -0.15) is 5.26 Å². The predicted octanol–water partition coefficient (Wildman–Crippen LogP) is 4.71. The molecule has 0 amide bonds. The van der Waals surface area contributed by atoms with E-state index in [-0.39, 0.29) is 11.0 Å². The number of nitrogens with zero attached hydrogens (tertiary/aromatic N) is 1. The van der Waals surface area contributed by atoms with Crippen LogP contribution in [0.3, 0.4) is 0 Å². The van der Waals surface area contributed by atoms with Crippen LogP contribution in [0, 0.1) is 28.5 Å². The van der Waals surface area contributed by atoms with E-state index in [1.54, 1.807) is 12.1 Å². The van der Waals surface area contributed by atoms with Gasteiger partial charge in [0.15, 0.2) is 0 Å². The Labute approximate surface area is 121 Å². The molecule has 3 heteroatoms. The van der Waals surface area contributed by atoms with Gasteiger partial charge in [-0.1, -0.05) is 33.6 Å². The summed E-state index contributed by atoms with van der Waals surface area (Å²) in [4.78, 5) is 0. The van der Waals surface area contributed by atoms with Gasteiger partial charge in [0.05, 0.1) is 5.56 Å². The van der Waals surface area contributed by atoms with E-state index in [1.165, 1.54) is 25.3 Å². The number of anilines is 1. The predicted molar refractivity (Wildman–Crippen MR) is 79.9 cm³/mol. The average Bonchev–Trinajstić information content (AvgIpc) is 2.40. The van der Waals surface area contributed by atoms with E-state index < -0.39 is 5.82 Å². The van der Waals surface area contributed by atoms with Crippen LogP contribution in [-0.2, 0) is 0 Å². The molecule has 2 atom stereocenters. The standard InChI is InChI=1S/C17H23FN2/c1-17(2,3)14-6-4-5-7-16(14)20-13-8-9-15(18)12(10-13)11-19/h8-10,14,16,20H,4-7H2,1-3H3. The second-order valence-electron chi connectivity index (χ2n) is 6.81. The number of hydrogen-bond acceptors (Lipinski definition) is 2. The van der Waals surface area contributed by atoms with Gasteiger partial charge in [0.2, 0.25) is 0 Å². The Hall–Kier alpha value is -1.56. The van der Waals surface area contributed by atoms with E-state index in [9.17, 15) is 4.39 Å². The second-order valence-corrected chi connectivity index (χ2v) is 6.81. The molecule has 0 heterocycles. The van der Waals surface area contributed by atoms with Crippen LogP contribution in [0.4, 0.5) is 10.1 Å². The molecule has 2 rings (SSSR count). The van der Waals surface area contributed by atoms with E-state index in [4.69, 9.17) is 5.26 Å². The number of nitriles is 1. The molecule has 0 aliphatic heterocycles. The van der Waals surface area contributed by atoms with Crippen molar-refractivity contribution in [2.24, 2.45) is 11.3 Å². The van der Waals surface area contributed by atoms with Crippen molar-refractivity contribution in [1.82, 2.24) is 0 Å². The Kier molecular flexibility index (Phi) is 4.32. The summed E-state index contributed by atoms with van der Waals surface area (Å²) in [5.41, 5.74) is 1.22. The van der Waals surface area contributed by atoms with E-state index in [0.717, 1.165) is 12.1 Å².